The summed E-state index contributed by atoms with van der Waals surface area (Å²) in [5.41, 5.74) is 0. The van der Waals surface area contributed by atoms with Crippen LogP contribution in [0.1, 0.15) is 26.2 Å². The van der Waals surface area contributed by atoms with Gasteiger partial charge in [-0.05, 0) is 6.42 Å². The Labute approximate surface area is 91.0 Å². The van der Waals surface area contributed by atoms with Gasteiger partial charge < -0.3 is 16.0 Å². The fourth-order valence-electron chi connectivity index (χ4n) is 1.01. The van der Waals surface area contributed by atoms with Gasteiger partial charge in [0.05, 0.1) is 0 Å². The topological polar surface area (TPSA) is 70.2 Å². The molecule has 3 N–H and O–H groups in total. The molecule has 0 spiro atoms. The van der Waals surface area contributed by atoms with Crippen molar-refractivity contribution in [1.82, 2.24) is 16.0 Å². The highest BCUT2D eigenvalue weighted by molar-refractivity contribution is 5.76. The second kappa shape index (κ2) is 9.45. The van der Waals surface area contributed by atoms with Gasteiger partial charge >= 0.3 is 0 Å². The van der Waals surface area contributed by atoms with Crippen molar-refractivity contribution in [3.8, 4) is 0 Å². The number of amides is 2. The minimum atomic E-state index is 0.0120. The van der Waals surface area contributed by atoms with Gasteiger partial charge in [-0.25, -0.2) is 0 Å². The van der Waals surface area contributed by atoms with Crippen LogP contribution < -0.4 is 16.0 Å². The lowest BCUT2D eigenvalue weighted by Crippen LogP contribution is -2.30. The van der Waals surface area contributed by atoms with Crippen LogP contribution in [-0.2, 0) is 9.59 Å². The first-order valence-electron chi connectivity index (χ1n) is 5.38. The summed E-state index contributed by atoms with van der Waals surface area (Å²) >= 11 is 0. The second-order valence-corrected chi connectivity index (χ2v) is 3.27. The van der Waals surface area contributed by atoms with Crippen LogP contribution >= 0.6 is 0 Å². The molecule has 0 aromatic rings. The molecule has 0 aromatic carbocycles. The van der Waals surface area contributed by atoms with Crippen LogP contribution in [-0.4, -0.2) is 38.5 Å². The number of hydrogen-bond acceptors (Lipinski definition) is 3. The number of rotatable bonds is 8. The predicted octanol–water partition coefficient (Wildman–Crippen LogP) is -0.372. The van der Waals surface area contributed by atoms with Crippen LogP contribution in [0, 0.1) is 0 Å². The SMILES string of the molecule is CCCNC(=O)CCNCCC(=O)NC. The van der Waals surface area contributed by atoms with E-state index in [4.69, 9.17) is 0 Å². The Kier molecular flexibility index (Phi) is 8.76. The molecule has 0 aliphatic rings. The molecule has 0 fully saturated rings. The number of nitrogens with one attached hydrogen (secondary N) is 3. The van der Waals surface area contributed by atoms with Gasteiger partial charge in [0, 0.05) is 39.5 Å². The summed E-state index contributed by atoms with van der Waals surface area (Å²) in [6.45, 7) is 3.98. The number of carbonyl (C=O) groups excluding carboxylic acids is 2. The van der Waals surface area contributed by atoms with Crippen LogP contribution in [0.15, 0.2) is 0 Å². The average Bonchev–Trinajstić information content (AvgIpc) is 2.25. The average molecular weight is 215 g/mol. The van der Waals surface area contributed by atoms with Crippen molar-refractivity contribution in [3.63, 3.8) is 0 Å². The first-order chi connectivity index (χ1) is 7.20. The van der Waals surface area contributed by atoms with Gasteiger partial charge in [-0.2, -0.15) is 0 Å². The Morgan fingerprint density at radius 3 is 2.13 bits per heavy atom. The molecule has 0 bridgehead atoms. The normalized spacial score (nSPS) is 9.73. The Balaban J connectivity index is 3.23. The largest absolute Gasteiger partial charge is 0.359 e. The third kappa shape index (κ3) is 9.21. The summed E-state index contributed by atoms with van der Waals surface area (Å²) in [5.74, 6) is 0.0715. The van der Waals surface area contributed by atoms with Gasteiger partial charge in [-0.3, -0.25) is 9.59 Å². The Bertz CT molecular complexity index is 195. The summed E-state index contributed by atoms with van der Waals surface area (Å²) in [5, 5.41) is 8.36. The molecule has 0 saturated heterocycles. The van der Waals surface area contributed by atoms with Crippen molar-refractivity contribution in [2.24, 2.45) is 0 Å². The van der Waals surface area contributed by atoms with E-state index < -0.39 is 0 Å². The van der Waals surface area contributed by atoms with E-state index in [1.165, 1.54) is 0 Å². The van der Waals surface area contributed by atoms with E-state index in [9.17, 15) is 9.59 Å². The molecular formula is C10H21N3O2. The third-order valence-corrected chi connectivity index (χ3v) is 1.91. The lowest BCUT2D eigenvalue weighted by molar-refractivity contribution is -0.121. The molecule has 0 unspecified atom stereocenters. The van der Waals surface area contributed by atoms with E-state index in [0.717, 1.165) is 13.0 Å². The summed E-state index contributed by atoms with van der Waals surface area (Å²) in [7, 11) is 1.61. The number of carbonyl (C=O) groups is 2. The zero-order valence-corrected chi connectivity index (χ0v) is 9.56. The van der Waals surface area contributed by atoms with E-state index in [0.29, 0.717) is 25.9 Å². The minimum absolute atomic E-state index is 0.0120. The van der Waals surface area contributed by atoms with Crippen molar-refractivity contribution in [2.45, 2.75) is 26.2 Å². The van der Waals surface area contributed by atoms with E-state index >= 15 is 0 Å². The Morgan fingerprint density at radius 1 is 1.00 bits per heavy atom. The van der Waals surface area contributed by atoms with Crippen LogP contribution in [0.3, 0.4) is 0 Å². The predicted molar refractivity (Wildman–Crippen MR) is 59.5 cm³/mol. The van der Waals surface area contributed by atoms with Gasteiger partial charge in [0.25, 0.3) is 0 Å². The van der Waals surface area contributed by atoms with E-state index in [2.05, 4.69) is 16.0 Å². The van der Waals surface area contributed by atoms with Gasteiger partial charge in [0.2, 0.25) is 11.8 Å². The molecular weight excluding hydrogens is 194 g/mol. The maximum absolute atomic E-state index is 11.1. The molecule has 0 rings (SSSR count). The molecule has 0 atom stereocenters. The summed E-state index contributed by atoms with van der Waals surface area (Å²) < 4.78 is 0. The van der Waals surface area contributed by atoms with Crippen LogP contribution in [0.2, 0.25) is 0 Å². The van der Waals surface area contributed by atoms with Crippen molar-refractivity contribution >= 4 is 11.8 Å². The molecule has 0 saturated carbocycles. The van der Waals surface area contributed by atoms with Gasteiger partial charge in [0.1, 0.15) is 0 Å². The Morgan fingerprint density at radius 2 is 1.60 bits per heavy atom. The van der Waals surface area contributed by atoms with Crippen LogP contribution in [0.25, 0.3) is 0 Å². The smallest absolute Gasteiger partial charge is 0.221 e. The third-order valence-electron chi connectivity index (χ3n) is 1.91. The van der Waals surface area contributed by atoms with Gasteiger partial charge in [-0.15, -0.1) is 0 Å². The maximum Gasteiger partial charge on any atom is 0.221 e. The quantitative estimate of drug-likeness (QED) is 0.484. The summed E-state index contributed by atoms with van der Waals surface area (Å²) in [6, 6.07) is 0. The van der Waals surface area contributed by atoms with Crippen molar-refractivity contribution in [1.29, 1.82) is 0 Å². The molecule has 2 amide bonds. The number of hydrogen-bond donors (Lipinski definition) is 3. The zero-order chi connectivity index (χ0) is 11.5. The van der Waals surface area contributed by atoms with Gasteiger partial charge in [0.15, 0.2) is 0 Å². The fraction of sp³-hybridized carbons (Fsp3) is 0.800. The van der Waals surface area contributed by atoms with Gasteiger partial charge in [-0.1, -0.05) is 6.92 Å². The highest BCUT2D eigenvalue weighted by Gasteiger charge is 2.00. The first kappa shape index (κ1) is 13.9. The first-order valence-corrected chi connectivity index (χ1v) is 5.38. The van der Waals surface area contributed by atoms with Crippen molar-refractivity contribution < 1.29 is 9.59 Å². The maximum atomic E-state index is 11.1. The van der Waals surface area contributed by atoms with Crippen LogP contribution in [0.5, 0.6) is 0 Å². The molecule has 5 heteroatoms. The monoisotopic (exact) mass is 215 g/mol. The van der Waals surface area contributed by atoms with E-state index in [1.54, 1.807) is 7.05 Å². The zero-order valence-electron chi connectivity index (χ0n) is 9.56. The van der Waals surface area contributed by atoms with Crippen molar-refractivity contribution in [2.75, 3.05) is 26.7 Å². The Hall–Kier alpha value is -1.10. The van der Waals surface area contributed by atoms with E-state index in [1.807, 2.05) is 6.92 Å². The molecule has 15 heavy (non-hydrogen) atoms. The molecule has 88 valence electrons. The van der Waals surface area contributed by atoms with E-state index in [-0.39, 0.29) is 11.8 Å². The van der Waals surface area contributed by atoms with Crippen molar-refractivity contribution in [3.05, 3.63) is 0 Å². The lowest BCUT2D eigenvalue weighted by atomic mass is 10.3. The molecule has 5 nitrogen and oxygen atoms in total. The molecule has 0 aliphatic heterocycles. The lowest BCUT2D eigenvalue weighted by Gasteiger charge is -2.05. The highest BCUT2D eigenvalue weighted by Crippen LogP contribution is 1.80. The summed E-state index contributed by atoms with van der Waals surface area (Å²) in [4.78, 5) is 21.9. The molecule has 0 aliphatic carbocycles. The summed E-state index contributed by atoms with van der Waals surface area (Å²) in [6.07, 6.45) is 1.87. The second-order valence-electron chi connectivity index (χ2n) is 3.27. The molecule has 0 aromatic heterocycles. The van der Waals surface area contributed by atoms with Crippen LogP contribution in [0.4, 0.5) is 0 Å². The standard InChI is InChI=1S/C10H21N3O2/c1-3-6-13-10(15)5-8-12-7-4-9(14)11-2/h12H,3-8H2,1-2H3,(H,11,14)(H,13,15). The fourth-order valence-corrected chi connectivity index (χ4v) is 1.01. The minimum Gasteiger partial charge on any atom is -0.359 e. The molecule has 0 heterocycles. The highest BCUT2D eigenvalue weighted by atomic mass is 16.2. The molecule has 0 radical (unpaired) electrons.